The molecular weight excluding hydrogens is 454 g/mol. The molecule has 1 aromatic carbocycles. The molecule has 4 rings (SSSR count). The SMILES string of the molecule is CCCCCCCCCCCCC12C=CC(O1)C1C(=O)N(c3ccc(S(=O)(=O)O)cc3)C(=O)C12. The van der Waals surface area contributed by atoms with Crippen LogP contribution < -0.4 is 4.90 Å². The van der Waals surface area contributed by atoms with Gasteiger partial charge in [0, 0.05) is 0 Å². The minimum Gasteiger partial charge on any atom is -0.362 e. The summed E-state index contributed by atoms with van der Waals surface area (Å²) in [5.41, 5.74) is -0.420. The minimum atomic E-state index is -4.35. The monoisotopic (exact) mass is 489 g/mol. The quantitative estimate of drug-likeness (QED) is 0.180. The van der Waals surface area contributed by atoms with Crippen LogP contribution in [0.25, 0.3) is 0 Å². The first-order chi connectivity index (χ1) is 16.3. The zero-order chi connectivity index (χ0) is 24.3. The summed E-state index contributed by atoms with van der Waals surface area (Å²) in [5.74, 6) is -1.70. The second-order valence-corrected chi connectivity index (χ2v) is 11.2. The highest BCUT2D eigenvalue weighted by Gasteiger charge is 2.67. The molecular formula is C26H35NO6S. The van der Waals surface area contributed by atoms with Crippen molar-refractivity contribution < 1.29 is 27.3 Å². The van der Waals surface area contributed by atoms with Gasteiger partial charge in [0.25, 0.3) is 10.1 Å². The fourth-order valence-corrected chi connectivity index (χ4v) is 6.18. The fraction of sp³-hybridized carbons (Fsp3) is 0.615. The summed E-state index contributed by atoms with van der Waals surface area (Å²) in [4.78, 5) is 27.4. The standard InChI is InChI=1S/C26H35NO6S/c1-2-3-4-5-6-7-8-9-10-11-17-26-18-16-21(33-26)22-23(26)25(29)27(24(22)28)19-12-14-20(15-13-19)34(30,31)32/h12-16,18,21-23H,2-11,17H2,1H3,(H,30,31,32). The second-order valence-electron chi connectivity index (χ2n) is 9.81. The van der Waals surface area contributed by atoms with E-state index < -0.39 is 33.7 Å². The number of nitrogens with zero attached hydrogens (tertiary/aromatic N) is 1. The van der Waals surface area contributed by atoms with Crippen molar-refractivity contribution in [1.82, 2.24) is 0 Å². The first-order valence-electron chi connectivity index (χ1n) is 12.6. The van der Waals surface area contributed by atoms with Crippen molar-refractivity contribution in [3.05, 3.63) is 36.4 Å². The lowest BCUT2D eigenvalue weighted by molar-refractivity contribution is -0.126. The van der Waals surface area contributed by atoms with Gasteiger partial charge >= 0.3 is 0 Å². The Labute approximate surface area is 202 Å². The highest BCUT2D eigenvalue weighted by molar-refractivity contribution is 7.85. The number of hydrogen-bond acceptors (Lipinski definition) is 5. The molecule has 0 saturated carbocycles. The number of rotatable bonds is 13. The third kappa shape index (κ3) is 4.86. The number of anilines is 1. The average Bonchev–Trinajstić information content (AvgIpc) is 3.44. The molecule has 0 aliphatic carbocycles. The van der Waals surface area contributed by atoms with Gasteiger partial charge in [0.15, 0.2) is 0 Å². The number of hydrogen-bond donors (Lipinski definition) is 1. The van der Waals surface area contributed by atoms with Gasteiger partial charge in [0.05, 0.1) is 34.1 Å². The van der Waals surface area contributed by atoms with E-state index in [1.165, 1.54) is 75.6 Å². The Bertz CT molecular complexity index is 1030. The van der Waals surface area contributed by atoms with Gasteiger partial charge in [-0.05, 0) is 30.7 Å². The number of fused-ring (bicyclic) bond motifs is 5. The molecule has 3 aliphatic heterocycles. The number of carbonyl (C=O) groups excluding carboxylic acids is 2. The Morgan fingerprint density at radius 1 is 0.912 bits per heavy atom. The van der Waals surface area contributed by atoms with Gasteiger partial charge in [-0.1, -0.05) is 83.3 Å². The van der Waals surface area contributed by atoms with Gasteiger partial charge in [-0.2, -0.15) is 8.42 Å². The van der Waals surface area contributed by atoms with Crippen molar-refractivity contribution in [2.24, 2.45) is 11.8 Å². The highest BCUT2D eigenvalue weighted by atomic mass is 32.2. The maximum atomic E-state index is 13.4. The molecule has 2 fully saturated rings. The van der Waals surface area contributed by atoms with Crippen molar-refractivity contribution in [2.75, 3.05) is 4.90 Å². The molecule has 2 bridgehead atoms. The minimum absolute atomic E-state index is 0.280. The van der Waals surface area contributed by atoms with Crippen molar-refractivity contribution in [3.63, 3.8) is 0 Å². The molecule has 0 spiro atoms. The zero-order valence-electron chi connectivity index (χ0n) is 19.8. The van der Waals surface area contributed by atoms with E-state index in [9.17, 15) is 22.6 Å². The largest absolute Gasteiger partial charge is 0.362 e. The molecule has 34 heavy (non-hydrogen) atoms. The van der Waals surface area contributed by atoms with Crippen LogP contribution in [0.1, 0.15) is 77.6 Å². The number of ether oxygens (including phenoxy) is 1. The van der Waals surface area contributed by atoms with Crippen LogP contribution in [0.15, 0.2) is 41.3 Å². The van der Waals surface area contributed by atoms with Crippen LogP contribution in [0.5, 0.6) is 0 Å². The van der Waals surface area contributed by atoms with Crippen LogP contribution in [0, 0.1) is 11.8 Å². The predicted molar refractivity (Wildman–Crippen MR) is 129 cm³/mol. The van der Waals surface area contributed by atoms with Crippen LogP contribution >= 0.6 is 0 Å². The van der Waals surface area contributed by atoms with Gasteiger partial charge in [-0.25, -0.2) is 4.90 Å². The van der Waals surface area contributed by atoms with Crippen molar-refractivity contribution >= 4 is 27.6 Å². The van der Waals surface area contributed by atoms with E-state index in [0.717, 1.165) is 17.7 Å². The summed E-state index contributed by atoms with van der Waals surface area (Å²) in [5, 5.41) is 0. The third-order valence-corrected chi connectivity index (χ3v) is 8.34. The lowest BCUT2D eigenvalue weighted by Crippen LogP contribution is -2.40. The summed E-state index contributed by atoms with van der Waals surface area (Å²) in [7, 11) is -4.35. The molecule has 3 aliphatic rings. The third-order valence-electron chi connectivity index (χ3n) is 7.47. The molecule has 186 valence electrons. The molecule has 7 nitrogen and oxygen atoms in total. The van der Waals surface area contributed by atoms with Gasteiger partial charge in [-0.3, -0.25) is 14.1 Å². The van der Waals surface area contributed by atoms with E-state index in [2.05, 4.69) is 6.92 Å². The smallest absolute Gasteiger partial charge is 0.294 e. The molecule has 0 aromatic heterocycles. The normalized spacial score (nSPS) is 27.7. The van der Waals surface area contributed by atoms with E-state index in [1.54, 1.807) is 0 Å². The summed E-state index contributed by atoms with van der Waals surface area (Å²) >= 11 is 0. The molecule has 0 radical (unpaired) electrons. The molecule has 1 N–H and O–H groups in total. The summed E-state index contributed by atoms with van der Waals surface area (Å²) < 4.78 is 38.0. The fourth-order valence-electron chi connectivity index (χ4n) is 5.70. The van der Waals surface area contributed by atoms with E-state index in [-0.39, 0.29) is 16.7 Å². The average molecular weight is 490 g/mol. The molecule has 4 atom stereocenters. The number of unbranched alkanes of at least 4 members (excludes halogenated alkanes) is 9. The number of imide groups is 1. The lowest BCUT2D eigenvalue weighted by atomic mass is 9.74. The number of amides is 2. The molecule has 3 heterocycles. The second kappa shape index (κ2) is 10.3. The topological polar surface area (TPSA) is 101 Å². The highest BCUT2D eigenvalue weighted by Crippen LogP contribution is 2.54. The Kier molecular flexibility index (Phi) is 7.60. The molecule has 4 unspecified atom stereocenters. The van der Waals surface area contributed by atoms with E-state index in [4.69, 9.17) is 4.74 Å². The van der Waals surface area contributed by atoms with Gasteiger partial charge in [-0.15, -0.1) is 0 Å². The van der Waals surface area contributed by atoms with Gasteiger partial charge in [0.2, 0.25) is 11.8 Å². The van der Waals surface area contributed by atoms with Crippen molar-refractivity contribution in [3.8, 4) is 0 Å². The van der Waals surface area contributed by atoms with Crippen molar-refractivity contribution in [1.29, 1.82) is 0 Å². The summed E-state index contributed by atoms with van der Waals surface area (Å²) in [6.45, 7) is 2.23. The van der Waals surface area contributed by atoms with Crippen LogP contribution in [-0.2, 0) is 24.4 Å². The predicted octanol–water partition coefficient (Wildman–Crippen LogP) is 5.06. The van der Waals surface area contributed by atoms with Crippen LogP contribution in [0.3, 0.4) is 0 Å². The number of carbonyl (C=O) groups is 2. The molecule has 1 aromatic rings. The summed E-state index contributed by atoms with van der Waals surface area (Å²) in [6.07, 6.45) is 16.5. The summed E-state index contributed by atoms with van der Waals surface area (Å²) in [6, 6.07) is 5.15. The Morgan fingerprint density at radius 2 is 1.50 bits per heavy atom. The Hall–Kier alpha value is -2.03. The van der Waals surface area contributed by atoms with E-state index in [1.807, 2.05) is 12.2 Å². The first kappa shape index (κ1) is 25.1. The maximum Gasteiger partial charge on any atom is 0.294 e. The Morgan fingerprint density at radius 3 is 2.09 bits per heavy atom. The van der Waals surface area contributed by atoms with Crippen LogP contribution in [0.2, 0.25) is 0 Å². The van der Waals surface area contributed by atoms with Crippen LogP contribution in [0.4, 0.5) is 5.69 Å². The van der Waals surface area contributed by atoms with E-state index in [0.29, 0.717) is 12.1 Å². The van der Waals surface area contributed by atoms with Crippen molar-refractivity contribution in [2.45, 2.75) is 94.2 Å². The first-order valence-corrected chi connectivity index (χ1v) is 14.0. The lowest BCUT2D eigenvalue weighted by Gasteiger charge is -2.29. The van der Waals surface area contributed by atoms with Crippen LogP contribution in [-0.4, -0.2) is 36.5 Å². The van der Waals surface area contributed by atoms with E-state index >= 15 is 0 Å². The van der Waals surface area contributed by atoms with Gasteiger partial charge in [0.1, 0.15) is 0 Å². The molecule has 2 amide bonds. The Balaban J connectivity index is 1.33. The molecule has 2 saturated heterocycles. The molecule has 8 heteroatoms. The number of benzene rings is 1. The zero-order valence-corrected chi connectivity index (χ0v) is 20.6. The van der Waals surface area contributed by atoms with Gasteiger partial charge < -0.3 is 4.74 Å². The maximum absolute atomic E-state index is 13.4.